The molecule has 0 aliphatic heterocycles. The van der Waals surface area contributed by atoms with Gasteiger partial charge in [-0.1, -0.05) is 30.3 Å². The van der Waals surface area contributed by atoms with Crippen LogP contribution < -0.4 is 15.4 Å². The van der Waals surface area contributed by atoms with E-state index in [0.29, 0.717) is 5.69 Å². The third kappa shape index (κ3) is 4.75. The number of nitrogens with one attached hydrogen (secondary N) is 2. The van der Waals surface area contributed by atoms with Gasteiger partial charge in [-0.2, -0.15) is 0 Å². The van der Waals surface area contributed by atoms with Gasteiger partial charge in [0.25, 0.3) is 0 Å². The van der Waals surface area contributed by atoms with Gasteiger partial charge in [0, 0.05) is 32.1 Å². The number of ether oxygens (including phenoxy) is 1. The Morgan fingerprint density at radius 2 is 1.88 bits per heavy atom. The number of hydrogen-bond donors (Lipinski definition) is 2. The van der Waals surface area contributed by atoms with Crippen molar-refractivity contribution in [2.75, 3.05) is 26.5 Å². The van der Waals surface area contributed by atoms with Gasteiger partial charge in [-0.15, -0.1) is 0 Å². The Kier molecular flexibility index (Phi) is 6.60. The van der Waals surface area contributed by atoms with Crippen molar-refractivity contribution in [3.8, 4) is 16.9 Å². The first-order chi connectivity index (χ1) is 12.5. The van der Waals surface area contributed by atoms with E-state index >= 15 is 0 Å². The molecule has 0 aliphatic rings. The van der Waals surface area contributed by atoms with Crippen LogP contribution in [0, 0.1) is 0 Å². The van der Waals surface area contributed by atoms with E-state index in [9.17, 15) is 9.59 Å². The lowest BCUT2D eigenvalue weighted by atomic mass is 10.0. The third-order valence-electron chi connectivity index (χ3n) is 4.29. The average molecular weight is 355 g/mol. The Labute approximate surface area is 154 Å². The number of carbonyl (C=O) groups is 2. The fraction of sp³-hybridized carbons (Fsp3) is 0.300. The minimum Gasteiger partial charge on any atom is -0.497 e. The summed E-state index contributed by atoms with van der Waals surface area (Å²) in [6, 6.07) is 14.8. The molecule has 2 rings (SSSR count). The van der Waals surface area contributed by atoms with Crippen molar-refractivity contribution in [1.82, 2.24) is 10.2 Å². The van der Waals surface area contributed by atoms with Crippen LogP contribution in [-0.2, 0) is 4.79 Å². The summed E-state index contributed by atoms with van der Waals surface area (Å²) in [5.74, 6) is 0.647. The highest BCUT2D eigenvalue weighted by Gasteiger charge is 2.19. The Hall–Kier alpha value is -3.02. The molecule has 0 heterocycles. The number of hydrogen-bond acceptors (Lipinski definition) is 3. The summed E-state index contributed by atoms with van der Waals surface area (Å²) in [5, 5.41) is 5.50. The predicted molar refractivity (Wildman–Crippen MR) is 103 cm³/mol. The summed E-state index contributed by atoms with van der Waals surface area (Å²) < 4.78 is 5.28. The van der Waals surface area contributed by atoms with Crippen molar-refractivity contribution in [3.63, 3.8) is 0 Å². The van der Waals surface area contributed by atoms with Crippen molar-refractivity contribution in [1.29, 1.82) is 0 Å². The van der Waals surface area contributed by atoms with Crippen LogP contribution in [0.15, 0.2) is 48.5 Å². The lowest BCUT2D eigenvalue weighted by Gasteiger charge is -2.25. The molecule has 3 amide bonds. The van der Waals surface area contributed by atoms with Crippen molar-refractivity contribution in [2.45, 2.75) is 19.4 Å². The number of anilines is 1. The highest BCUT2D eigenvalue weighted by Crippen LogP contribution is 2.30. The van der Waals surface area contributed by atoms with Crippen molar-refractivity contribution in [2.24, 2.45) is 0 Å². The molecule has 6 heteroatoms. The maximum absolute atomic E-state index is 12.6. The summed E-state index contributed by atoms with van der Waals surface area (Å²) in [6.07, 6.45) is 0.248. The molecule has 1 atom stereocenters. The molecule has 0 bridgehead atoms. The molecular weight excluding hydrogens is 330 g/mol. The molecular formula is C20H25N3O3. The van der Waals surface area contributed by atoms with Crippen molar-refractivity contribution >= 4 is 17.6 Å². The second-order valence-corrected chi connectivity index (χ2v) is 6.04. The van der Waals surface area contributed by atoms with Crippen LogP contribution in [0.4, 0.5) is 10.5 Å². The van der Waals surface area contributed by atoms with Crippen molar-refractivity contribution in [3.05, 3.63) is 48.5 Å². The van der Waals surface area contributed by atoms with E-state index in [1.807, 2.05) is 55.5 Å². The fourth-order valence-electron chi connectivity index (χ4n) is 2.55. The number of carbonyl (C=O) groups excluding carboxylic acids is 2. The largest absolute Gasteiger partial charge is 0.497 e. The Balaban J connectivity index is 2.19. The zero-order valence-corrected chi connectivity index (χ0v) is 15.6. The lowest BCUT2D eigenvalue weighted by Crippen LogP contribution is -2.40. The van der Waals surface area contributed by atoms with E-state index in [4.69, 9.17) is 4.74 Å². The Morgan fingerprint density at radius 1 is 1.15 bits per heavy atom. The van der Waals surface area contributed by atoms with Gasteiger partial charge in [0.1, 0.15) is 5.75 Å². The molecule has 26 heavy (non-hydrogen) atoms. The van der Waals surface area contributed by atoms with Crippen LogP contribution in [0.5, 0.6) is 5.75 Å². The molecule has 0 saturated carbocycles. The van der Waals surface area contributed by atoms with E-state index in [0.717, 1.165) is 16.9 Å². The summed E-state index contributed by atoms with van der Waals surface area (Å²) in [7, 11) is 4.88. The number of rotatable bonds is 6. The number of benzene rings is 2. The van der Waals surface area contributed by atoms with E-state index < -0.39 is 0 Å². The van der Waals surface area contributed by atoms with Crippen molar-refractivity contribution < 1.29 is 14.3 Å². The summed E-state index contributed by atoms with van der Waals surface area (Å²) in [4.78, 5) is 25.6. The van der Waals surface area contributed by atoms with E-state index in [-0.39, 0.29) is 24.4 Å². The van der Waals surface area contributed by atoms with Crippen LogP contribution in [0.3, 0.4) is 0 Å². The highest BCUT2D eigenvalue weighted by atomic mass is 16.5. The van der Waals surface area contributed by atoms with Gasteiger partial charge in [0.15, 0.2) is 0 Å². The lowest BCUT2D eigenvalue weighted by molar-refractivity contribution is -0.121. The molecule has 2 aromatic rings. The quantitative estimate of drug-likeness (QED) is 0.835. The van der Waals surface area contributed by atoms with E-state index in [1.165, 1.54) is 4.90 Å². The fourth-order valence-corrected chi connectivity index (χ4v) is 2.55. The van der Waals surface area contributed by atoms with Gasteiger partial charge in [-0.3, -0.25) is 4.79 Å². The van der Waals surface area contributed by atoms with Gasteiger partial charge in [-0.05, 0) is 30.7 Å². The normalized spacial score (nSPS) is 11.4. The smallest absolute Gasteiger partial charge is 0.321 e. The Bertz CT molecular complexity index is 776. The number of urea groups is 1. The molecule has 0 radical (unpaired) electrons. The first kappa shape index (κ1) is 19.3. The topological polar surface area (TPSA) is 70.7 Å². The minimum absolute atomic E-state index is 0.103. The molecule has 0 aliphatic carbocycles. The maximum atomic E-state index is 12.6. The molecule has 0 fully saturated rings. The molecule has 2 N–H and O–H groups in total. The maximum Gasteiger partial charge on any atom is 0.321 e. The molecule has 0 saturated heterocycles. The van der Waals surface area contributed by atoms with Gasteiger partial charge in [0.05, 0.1) is 12.8 Å². The van der Waals surface area contributed by atoms with Crippen LogP contribution in [0.2, 0.25) is 0 Å². The summed E-state index contributed by atoms with van der Waals surface area (Å²) >= 11 is 0. The number of methoxy groups -OCH3 is 1. The second-order valence-electron chi connectivity index (χ2n) is 6.04. The Morgan fingerprint density at radius 3 is 2.58 bits per heavy atom. The van der Waals surface area contributed by atoms with Gasteiger partial charge >= 0.3 is 6.03 Å². The molecule has 1 unspecified atom stereocenters. The van der Waals surface area contributed by atoms with Gasteiger partial charge in [-0.25, -0.2) is 4.79 Å². The van der Waals surface area contributed by atoms with Gasteiger partial charge < -0.3 is 20.3 Å². The molecule has 0 spiro atoms. The summed E-state index contributed by atoms with van der Waals surface area (Å²) in [6.45, 7) is 1.84. The van der Waals surface area contributed by atoms with Gasteiger partial charge in [0.2, 0.25) is 5.91 Å². The first-order valence-electron chi connectivity index (χ1n) is 8.44. The predicted octanol–water partition coefficient (Wildman–Crippen LogP) is 3.35. The van der Waals surface area contributed by atoms with E-state index in [2.05, 4.69) is 10.6 Å². The number of amides is 3. The molecule has 6 nitrogen and oxygen atoms in total. The second kappa shape index (κ2) is 8.89. The zero-order valence-electron chi connectivity index (χ0n) is 15.6. The average Bonchev–Trinajstić information content (AvgIpc) is 2.67. The summed E-state index contributed by atoms with van der Waals surface area (Å²) in [5.41, 5.74) is 2.54. The minimum atomic E-state index is -0.267. The monoisotopic (exact) mass is 355 g/mol. The molecule has 0 aromatic heterocycles. The molecule has 2 aromatic carbocycles. The van der Waals surface area contributed by atoms with E-state index in [1.54, 1.807) is 21.2 Å². The van der Waals surface area contributed by atoms with Crippen LogP contribution in [0.1, 0.15) is 13.3 Å². The number of para-hydroxylation sites is 1. The first-order valence-corrected chi connectivity index (χ1v) is 8.44. The highest BCUT2D eigenvalue weighted by molar-refractivity contribution is 5.94. The SMILES string of the molecule is CNC(=O)CC(C)N(C)C(=O)Nc1ccccc1-c1cccc(OC)c1. The van der Waals surface area contributed by atoms with Crippen LogP contribution in [-0.4, -0.2) is 44.1 Å². The zero-order chi connectivity index (χ0) is 19.1. The third-order valence-corrected chi connectivity index (χ3v) is 4.29. The van der Waals surface area contributed by atoms with Crippen LogP contribution in [0.25, 0.3) is 11.1 Å². The standard InChI is InChI=1S/C20H25N3O3/c1-14(12-19(24)21-2)23(3)20(25)22-18-11-6-5-10-17(18)15-8-7-9-16(13-15)26-4/h5-11,13-14H,12H2,1-4H3,(H,21,24)(H,22,25). The number of nitrogens with zero attached hydrogens (tertiary/aromatic N) is 1. The molecule has 138 valence electrons. The van der Waals surface area contributed by atoms with Crippen LogP contribution >= 0.6 is 0 Å².